The van der Waals surface area contributed by atoms with Gasteiger partial charge in [0.15, 0.2) is 0 Å². The molecule has 37 heavy (non-hydrogen) atoms. The third kappa shape index (κ3) is 4.02. The normalized spacial score (nSPS) is 20.3. The fourth-order valence-corrected chi connectivity index (χ4v) is 5.88. The Kier molecular flexibility index (Phi) is 5.84. The number of benzene rings is 3. The minimum Gasteiger partial charge on any atom is -0.387 e. The number of nitrogens with one attached hydrogen (secondary N) is 1. The van der Waals surface area contributed by atoms with E-state index in [1.54, 1.807) is 4.90 Å². The number of piperazine rings is 1. The van der Waals surface area contributed by atoms with Gasteiger partial charge in [-0.25, -0.2) is 0 Å². The Morgan fingerprint density at radius 2 is 1.62 bits per heavy atom. The van der Waals surface area contributed by atoms with Crippen molar-refractivity contribution < 1.29 is 14.7 Å². The van der Waals surface area contributed by atoms with E-state index in [-0.39, 0.29) is 30.9 Å². The van der Waals surface area contributed by atoms with Gasteiger partial charge >= 0.3 is 0 Å². The van der Waals surface area contributed by atoms with Gasteiger partial charge in [0.2, 0.25) is 11.8 Å². The Balaban J connectivity index is 1.40. The average Bonchev–Trinajstić information content (AvgIpc) is 3.29. The van der Waals surface area contributed by atoms with E-state index >= 15 is 0 Å². The van der Waals surface area contributed by atoms with E-state index in [4.69, 9.17) is 0 Å². The lowest BCUT2D eigenvalue weighted by atomic mass is 9.85. The van der Waals surface area contributed by atoms with Gasteiger partial charge in [0.05, 0.1) is 25.2 Å². The van der Waals surface area contributed by atoms with E-state index in [1.807, 2.05) is 48.5 Å². The summed E-state index contributed by atoms with van der Waals surface area (Å²) in [4.78, 5) is 34.5. The number of hydrogen-bond acceptors (Lipinski definition) is 3. The van der Waals surface area contributed by atoms with Crippen LogP contribution in [0.15, 0.2) is 78.9 Å². The summed E-state index contributed by atoms with van der Waals surface area (Å²) in [6, 6.07) is 24.8. The molecule has 0 bridgehead atoms. The molecule has 0 unspecified atom stereocenters. The first-order valence-corrected chi connectivity index (χ1v) is 12.9. The largest absolute Gasteiger partial charge is 0.387 e. The number of fused-ring (bicyclic) bond motifs is 4. The van der Waals surface area contributed by atoms with Crippen LogP contribution < -0.4 is 0 Å². The lowest BCUT2D eigenvalue weighted by molar-refractivity contribution is -0.159. The lowest BCUT2D eigenvalue weighted by Crippen LogP contribution is -2.63. The minimum absolute atomic E-state index is 0.0463. The van der Waals surface area contributed by atoms with Gasteiger partial charge in [-0.1, -0.05) is 86.6 Å². The Morgan fingerprint density at radius 3 is 2.35 bits per heavy atom. The van der Waals surface area contributed by atoms with Gasteiger partial charge in [0.1, 0.15) is 6.04 Å². The fourth-order valence-electron chi connectivity index (χ4n) is 5.88. The van der Waals surface area contributed by atoms with Crippen LogP contribution in [0.1, 0.15) is 59.9 Å². The number of nitrogens with zero attached hydrogens (tertiary/aromatic N) is 2. The summed E-state index contributed by atoms with van der Waals surface area (Å²) in [5.41, 5.74) is 6.02. The molecule has 1 aromatic heterocycles. The summed E-state index contributed by atoms with van der Waals surface area (Å²) in [7, 11) is 0. The van der Waals surface area contributed by atoms with E-state index in [9.17, 15) is 14.7 Å². The maximum Gasteiger partial charge on any atom is 0.246 e. The number of carbonyl (C=O) groups excluding carboxylic acids is 2. The molecule has 1 fully saturated rings. The number of aliphatic hydroxyl groups excluding tert-OH is 1. The quantitative estimate of drug-likeness (QED) is 0.423. The molecule has 0 radical (unpaired) electrons. The number of β-amino-alcohol motifs (C(OH)–C–C–N with tert-alkyl or cyclic N) is 1. The van der Waals surface area contributed by atoms with Crippen LogP contribution in [0.5, 0.6) is 0 Å². The second kappa shape index (κ2) is 9.20. The van der Waals surface area contributed by atoms with Gasteiger partial charge in [-0.2, -0.15) is 0 Å². The van der Waals surface area contributed by atoms with Gasteiger partial charge in [-0.05, 0) is 34.2 Å². The van der Waals surface area contributed by atoms with Crippen molar-refractivity contribution in [2.75, 3.05) is 13.1 Å². The molecule has 4 aromatic rings. The van der Waals surface area contributed by atoms with Crippen LogP contribution in [0, 0.1) is 0 Å². The maximum atomic E-state index is 13.9. The van der Waals surface area contributed by atoms with Gasteiger partial charge in [0.25, 0.3) is 0 Å². The fraction of sp³-hybridized carbons (Fsp3) is 0.290. The van der Waals surface area contributed by atoms with E-state index in [2.05, 4.69) is 49.2 Å². The first-order chi connectivity index (χ1) is 17.9. The minimum atomic E-state index is -0.851. The third-order valence-electron chi connectivity index (χ3n) is 7.84. The standard InChI is InChI=1S/C31H31N3O3/c1-19(2)20-12-14-22(15-13-20)30-29-24(23-10-6-7-11-25(23)32-29)16-26-31(37)33(18-28(36)34(26)30)17-27(35)21-8-4-3-5-9-21/h3-15,19,26-27,30,32,35H,16-18H2,1-2H3/t26-,27-,30+/m1/s1. The highest BCUT2D eigenvalue weighted by atomic mass is 16.3. The molecule has 0 saturated carbocycles. The van der Waals surface area contributed by atoms with Crippen molar-refractivity contribution in [3.05, 3.63) is 107 Å². The number of para-hydroxylation sites is 1. The topological polar surface area (TPSA) is 76.6 Å². The monoisotopic (exact) mass is 493 g/mol. The zero-order chi connectivity index (χ0) is 25.7. The number of rotatable bonds is 5. The lowest BCUT2D eigenvalue weighted by Gasteiger charge is -2.47. The van der Waals surface area contributed by atoms with Crippen molar-refractivity contribution in [3.8, 4) is 0 Å². The van der Waals surface area contributed by atoms with Gasteiger partial charge in [0, 0.05) is 23.0 Å². The van der Waals surface area contributed by atoms with E-state index < -0.39 is 12.1 Å². The summed E-state index contributed by atoms with van der Waals surface area (Å²) in [5.74, 6) is 0.181. The van der Waals surface area contributed by atoms with Crippen molar-refractivity contribution in [1.29, 1.82) is 0 Å². The molecule has 2 aliphatic rings. The van der Waals surface area contributed by atoms with Crippen LogP contribution in [-0.4, -0.2) is 50.8 Å². The molecular formula is C31H31N3O3. The molecule has 3 atom stereocenters. The van der Waals surface area contributed by atoms with Crippen LogP contribution in [0.2, 0.25) is 0 Å². The number of H-pyrrole nitrogens is 1. The van der Waals surface area contributed by atoms with Gasteiger partial charge in [-0.3, -0.25) is 9.59 Å². The molecule has 1 saturated heterocycles. The van der Waals surface area contributed by atoms with E-state index in [0.717, 1.165) is 33.3 Å². The molecule has 6 nitrogen and oxygen atoms in total. The number of amides is 2. The number of aromatic amines is 1. The molecule has 3 aromatic carbocycles. The van der Waals surface area contributed by atoms with Crippen LogP contribution in [-0.2, 0) is 16.0 Å². The van der Waals surface area contributed by atoms with E-state index in [1.165, 1.54) is 10.5 Å². The summed E-state index contributed by atoms with van der Waals surface area (Å²) >= 11 is 0. The zero-order valence-corrected chi connectivity index (χ0v) is 21.1. The van der Waals surface area contributed by atoms with E-state index in [0.29, 0.717) is 12.3 Å². The van der Waals surface area contributed by atoms with Crippen molar-refractivity contribution in [2.24, 2.45) is 0 Å². The molecule has 0 spiro atoms. The second-order valence-electron chi connectivity index (χ2n) is 10.5. The van der Waals surface area contributed by atoms with Crippen molar-refractivity contribution in [1.82, 2.24) is 14.8 Å². The Morgan fingerprint density at radius 1 is 0.919 bits per heavy atom. The van der Waals surface area contributed by atoms with Crippen molar-refractivity contribution in [2.45, 2.75) is 44.4 Å². The van der Waals surface area contributed by atoms with Crippen LogP contribution in [0.4, 0.5) is 0 Å². The Labute approximate surface area is 216 Å². The molecule has 2 aliphatic heterocycles. The summed E-state index contributed by atoms with van der Waals surface area (Å²) < 4.78 is 0. The predicted octanol–water partition coefficient (Wildman–Crippen LogP) is 4.71. The third-order valence-corrected chi connectivity index (χ3v) is 7.84. The Bertz CT molecular complexity index is 1460. The van der Waals surface area contributed by atoms with Crippen molar-refractivity contribution in [3.63, 3.8) is 0 Å². The highest BCUT2D eigenvalue weighted by Crippen LogP contribution is 2.42. The summed E-state index contributed by atoms with van der Waals surface area (Å²) in [6.45, 7) is 4.36. The molecule has 2 amide bonds. The SMILES string of the molecule is CC(C)c1ccc([C@H]2c3[nH]c4ccccc4c3C[C@@H]3C(=O)N(C[C@@H](O)c4ccccc4)CC(=O)N23)cc1. The highest BCUT2D eigenvalue weighted by molar-refractivity contribution is 5.97. The Hall–Kier alpha value is -3.90. The predicted molar refractivity (Wildman–Crippen MR) is 143 cm³/mol. The smallest absolute Gasteiger partial charge is 0.246 e. The van der Waals surface area contributed by atoms with Crippen LogP contribution in [0.25, 0.3) is 10.9 Å². The molecule has 2 N–H and O–H groups in total. The molecular weight excluding hydrogens is 462 g/mol. The molecule has 188 valence electrons. The van der Waals surface area contributed by atoms with Crippen molar-refractivity contribution >= 4 is 22.7 Å². The highest BCUT2D eigenvalue weighted by Gasteiger charge is 2.48. The number of hydrogen-bond donors (Lipinski definition) is 2. The first kappa shape index (κ1) is 23.5. The summed E-state index contributed by atoms with van der Waals surface area (Å²) in [6.07, 6.45) is -0.404. The second-order valence-corrected chi connectivity index (χ2v) is 10.5. The molecule has 0 aliphatic carbocycles. The summed E-state index contributed by atoms with van der Waals surface area (Å²) in [5, 5.41) is 11.9. The molecule has 3 heterocycles. The molecule has 6 rings (SSSR count). The van der Waals surface area contributed by atoms with Gasteiger partial charge in [-0.15, -0.1) is 0 Å². The molecule has 6 heteroatoms. The first-order valence-electron chi connectivity index (χ1n) is 12.9. The zero-order valence-electron chi connectivity index (χ0n) is 21.1. The van der Waals surface area contributed by atoms with Crippen LogP contribution in [0.3, 0.4) is 0 Å². The number of aliphatic hydroxyl groups is 1. The number of carbonyl (C=O) groups is 2. The average molecular weight is 494 g/mol. The van der Waals surface area contributed by atoms with Crippen LogP contribution >= 0.6 is 0 Å². The number of aromatic nitrogens is 1. The van der Waals surface area contributed by atoms with Gasteiger partial charge < -0.3 is 19.9 Å². The maximum absolute atomic E-state index is 13.9.